The van der Waals surface area contributed by atoms with Crippen molar-refractivity contribution in [3.05, 3.63) is 51.2 Å². The molecule has 0 unspecified atom stereocenters. The molecular formula is C11H10N2O4. The molecule has 0 aliphatic heterocycles. The van der Waals surface area contributed by atoms with E-state index in [1.54, 1.807) is 24.3 Å². The highest BCUT2D eigenvalue weighted by Crippen LogP contribution is 2.16. The lowest BCUT2D eigenvalue weighted by atomic mass is 10.3. The summed E-state index contributed by atoms with van der Waals surface area (Å²) in [7, 11) is 1.53. The van der Waals surface area contributed by atoms with Crippen LogP contribution in [-0.2, 0) is 0 Å². The maximum atomic E-state index is 11.5. The molecule has 6 nitrogen and oxygen atoms in total. The van der Waals surface area contributed by atoms with Crippen LogP contribution in [0.25, 0.3) is 5.69 Å². The van der Waals surface area contributed by atoms with Gasteiger partial charge in [-0.1, -0.05) is 0 Å². The molecule has 88 valence electrons. The topological polar surface area (TPSA) is 84.3 Å². The summed E-state index contributed by atoms with van der Waals surface area (Å²) in [6.07, 6.45) is 0. The second-order valence-electron chi connectivity index (χ2n) is 3.33. The quantitative estimate of drug-likeness (QED) is 0.779. The average Bonchev–Trinajstić information content (AvgIpc) is 2.28. The van der Waals surface area contributed by atoms with Gasteiger partial charge in [0.15, 0.2) is 0 Å². The van der Waals surface area contributed by atoms with Crippen LogP contribution >= 0.6 is 0 Å². The van der Waals surface area contributed by atoms with E-state index in [9.17, 15) is 14.7 Å². The third kappa shape index (κ3) is 2.05. The van der Waals surface area contributed by atoms with Crippen molar-refractivity contribution in [1.82, 2.24) is 9.55 Å². The minimum Gasteiger partial charge on any atom is -0.497 e. The molecule has 0 bridgehead atoms. The second-order valence-corrected chi connectivity index (χ2v) is 3.33. The number of methoxy groups -OCH3 is 1. The molecule has 0 aliphatic carbocycles. The van der Waals surface area contributed by atoms with E-state index >= 15 is 0 Å². The second kappa shape index (κ2) is 4.17. The Bertz CT molecular complexity index is 640. The van der Waals surface area contributed by atoms with Gasteiger partial charge in [-0.2, -0.15) is 0 Å². The number of rotatable bonds is 2. The fourth-order valence-electron chi connectivity index (χ4n) is 1.46. The molecule has 0 amide bonds. The third-order valence-corrected chi connectivity index (χ3v) is 2.25. The van der Waals surface area contributed by atoms with Crippen LogP contribution in [0.1, 0.15) is 0 Å². The molecule has 6 heteroatoms. The van der Waals surface area contributed by atoms with Crippen molar-refractivity contribution < 1.29 is 9.84 Å². The van der Waals surface area contributed by atoms with Crippen molar-refractivity contribution in [3.63, 3.8) is 0 Å². The SMILES string of the molecule is COc1ccc(-n2c(O)cc(=O)[nH]c2=O)cc1. The summed E-state index contributed by atoms with van der Waals surface area (Å²) in [5, 5.41) is 9.56. The van der Waals surface area contributed by atoms with Gasteiger partial charge in [0.05, 0.1) is 18.9 Å². The van der Waals surface area contributed by atoms with Crippen LogP contribution in [0.2, 0.25) is 0 Å². The van der Waals surface area contributed by atoms with Crippen LogP contribution in [0.4, 0.5) is 0 Å². The lowest BCUT2D eigenvalue weighted by Crippen LogP contribution is -2.27. The molecule has 1 aromatic carbocycles. The summed E-state index contributed by atoms with van der Waals surface area (Å²) >= 11 is 0. The maximum absolute atomic E-state index is 11.5. The van der Waals surface area contributed by atoms with E-state index in [1.807, 2.05) is 0 Å². The number of hydrogen-bond acceptors (Lipinski definition) is 4. The fraction of sp³-hybridized carbons (Fsp3) is 0.0909. The van der Waals surface area contributed by atoms with E-state index in [0.29, 0.717) is 11.4 Å². The van der Waals surface area contributed by atoms with Gasteiger partial charge < -0.3 is 9.84 Å². The molecule has 1 heterocycles. The van der Waals surface area contributed by atoms with Gasteiger partial charge in [-0.05, 0) is 24.3 Å². The number of aromatic nitrogens is 2. The minimum absolute atomic E-state index is 0.413. The predicted octanol–water partition coefficient (Wildman–Crippen LogP) is 0.240. The molecule has 0 saturated carbocycles. The first-order valence-corrected chi connectivity index (χ1v) is 4.81. The van der Waals surface area contributed by atoms with E-state index in [4.69, 9.17) is 4.74 Å². The molecule has 1 aromatic heterocycles. The zero-order chi connectivity index (χ0) is 12.4. The Labute approximate surface area is 95.7 Å². The Kier molecular flexibility index (Phi) is 2.70. The number of aromatic hydroxyl groups is 1. The van der Waals surface area contributed by atoms with Crippen LogP contribution in [0, 0.1) is 0 Å². The summed E-state index contributed by atoms with van der Waals surface area (Å²) in [6, 6.07) is 7.42. The van der Waals surface area contributed by atoms with Crippen molar-refractivity contribution in [2.75, 3.05) is 7.11 Å². The number of aromatic amines is 1. The largest absolute Gasteiger partial charge is 0.497 e. The highest BCUT2D eigenvalue weighted by molar-refractivity contribution is 5.39. The first kappa shape index (κ1) is 11.0. The Balaban J connectivity index is 2.60. The van der Waals surface area contributed by atoms with E-state index in [-0.39, 0.29) is 0 Å². The molecule has 2 rings (SSSR count). The average molecular weight is 234 g/mol. The van der Waals surface area contributed by atoms with Crippen LogP contribution in [0.3, 0.4) is 0 Å². The van der Waals surface area contributed by atoms with Gasteiger partial charge in [-0.25, -0.2) is 9.36 Å². The number of ether oxygens (including phenoxy) is 1. The van der Waals surface area contributed by atoms with Gasteiger partial charge in [0.25, 0.3) is 5.56 Å². The van der Waals surface area contributed by atoms with Crippen LogP contribution in [0.15, 0.2) is 39.9 Å². The first-order chi connectivity index (χ1) is 8.11. The van der Waals surface area contributed by atoms with E-state index in [0.717, 1.165) is 10.6 Å². The molecule has 17 heavy (non-hydrogen) atoms. The lowest BCUT2D eigenvalue weighted by molar-refractivity contribution is 0.414. The van der Waals surface area contributed by atoms with Crippen LogP contribution < -0.4 is 16.0 Å². The van der Waals surface area contributed by atoms with Crippen molar-refractivity contribution in [2.45, 2.75) is 0 Å². The Hall–Kier alpha value is -2.50. The molecule has 0 aliphatic rings. The zero-order valence-corrected chi connectivity index (χ0v) is 9.01. The molecular weight excluding hydrogens is 224 g/mol. The number of benzene rings is 1. The van der Waals surface area contributed by atoms with Gasteiger partial charge in [0, 0.05) is 0 Å². The van der Waals surface area contributed by atoms with Gasteiger partial charge in [-0.15, -0.1) is 0 Å². The summed E-state index contributed by atoms with van der Waals surface area (Å²) in [4.78, 5) is 24.5. The Morgan fingerprint density at radius 2 is 1.88 bits per heavy atom. The molecule has 0 saturated heterocycles. The fourth-order valence-corrected chi connectivity index (χ4v) is 1.46. The molecule has 0 spiro atoms. The summed E-state index contributed by atoms with van der Waals surface area (Å²) in [5.74, 6) is 0.217. The normalized spacial score (nSPS) is 10.2. The number of hydrogen-bond donors (Lipinski definition) is 2. The van der Waals surface area contributed by atoms with E-state index in [2.05, 4.69) is 4.98 Å². The minimum atomic E-state index is -0.694. The summed E-state index contributed by atoms with van der Waals surface area (Å²) in [6.45, 7) is 0. The zero-order valence-electron chi connectivity index (χ0n) is 9.01. The highest BCUT2D eigenvalue weighted by atomic mass is 16.5. The summed E-state index contributed by atoms with van der Waals surface area (Å²) in [5.41, 5.74) is -0.901. The van der Waals surface area contributed by atoms with Crippen molar-refractivity contribution in [1.29, 1.82) is 0 Å². The maximum Gasteiger partial charge on any atom is 0.335 e. The van der Waals surface area contributed by atoms with Crippen LogP contribution in [-0.4, -0.2) is 21.8 Å². The lowest BCUT2D eigenvalue weighted by Gasteiger charge is -2.07. The van der Waals surface area contributed by atoms with E-state index in [1.165, 1.54) is 7.11 Å². The van der Waals surface area contributed by atoms with Crippen LogP contribution in [0.5, 0.6) is 11.6 Å². The van der Waals surface area contributed by atoms with Gasteiger partial charge in [0.2, 0.25) is 5.88 Å². The predicted molar refractivity (Wildman–Crippen MR) is 60.9 cm³/mol. The molecule has 2 N–H and O–H groups in total. The Morgan fingerprint density at radius 1 is 1.24 bits per heavy atom. The Morgan fingerprint density at radius 3 is 2.41 bits per heavy atom. The number of nitrogens with one attached hydrogen (secondary N) is 1. The molecule has 0 atom stereocenters. The smallest absolute Gasteiger partial charge is 0.335 e. The molecule has 0 radical (unpaired) electrons. The standard InChI is InChI=1S/C11H10N2O4/c1-17-8-4-2-7(3-5-8)13-10(15)6-9(14)12-11(13)16/h2-6,15H,1H3,(H,12,14,16). The molecule has 2 aromatic rings. The summed E-state index contributed by atoms with van der Waals surface area (Å²) < 4.78 is 5.96. The van der Waals surface area contributed by atoms with Crippen molar-refractivity contribution in [3.8, 4) is 17.3 Å². The molecule has 0 fully saturated rings. The van der Waals surface area contributed by atoms with Gasteiger partial charge in [0.1, 0.15) is 5.75 Å². The van der Waals surface area contributed by atoms with Gasteiger partial charge in [-0.3, -0.25) is 9.78 Å². The number of nitrogens with zero attached hydrogens (tertiary/aromatic N) is 1. The highest BCUT2D eigenvalue weighted by Gasteiger charge is 2.06. The van der Waals surface area contributed by atoms with Crippen molar-refractivity contribution in [2.24, 2.45) is 0 Å². The van der Waals surface area contributed by atoms with Gasteiger partial charge >= 0.3 is 5.69 Å². The van der Waals surface area contributed by atoms with Crippen molar-refractivity contribution >= 4 is 0 Å². The first-order valence-electron chi connectivity index (χ1n) is 4.81. The third-order valence-electron chi connectivity index (χ3n) is 2.25. The van der Waals surface area contributed by atoms with E-state index < -0.39 is 17.1 Å². The monoisotopic (exact) mass is 234 g/mol. The number of H-pyrrole nitrogens is 1.